The number of phenolic OH excluding ortho intramolecular Hbond substituents is 13. The summed E-state index contributed by atoms with van der Waals surface area (Å²) >= 11 is 0. The Balaban J connectivity index is 1.80. The number of phenols is 13. The van der Waals surface area contributed by atoms with Crippen molar-refractivity contribution in [3.63, 3.8) is 0 Å². The summed E-state index contributed by atoms with van der Waals surface area (Å²) in [6.07, 6.45) is 0. The molecule has 6 radical (unpaired) electrons. The van der Waals surface area contributed by atoms with E-state index >= 15 is 0 Å². The topological polar surface area (TPSA) is 335 Å². The van der Waals surface area contributed by atoms with E-state index < -0.39 is 147 Å². The summed E-state index contributed by atoms with van der Waals surface area (Å²) in [7, 11) is 17.8. The number of hydrogen-bond donors (Lipinski definition) is 15. The Morgan fingerprint density at radius 1 is 0.426 bits per heavy atom. The number of nitrogens with zero attached hydrogens (tertiary/aromatic N) is 3. The van der Waals surface area contributed by atoms with Crippen molar-refractivity contribution in [1.82, 2.24) is 9.13 Å². The first-order valence-electron chi connectivity index (χ1n) is 12.6. The Kier molecular flexibility index (Phi) is 6.03. The van der Waals surface area contributed by atoms with Gasteiger partial charge in [-0.05, 0) is 5.46 Å². The molecule has 16 N–H and O–H groups in total. The zero-order valence-electron chi connectivity index (χ0n) is 23.0. The second-order valence-electron chi connectivity index (χ2n) is 10.1. The highest BCUT2D eigenvalue weighted by Crippen LogP contribution is 2.55. The van der Waals surface area contributed by atoms with Crippen molar-refractivity contribution in [2.75, 3.05) is 0 Å². The third-order valence-corrected chi connectivity index (χ3v) is 7.73. The SMILES string of the molecule is [B]c1c(O)c(O)c2c3c(O)c(O)c(O)c(O)c3n(C(N)=NC(=N)n3c4c(O)c(O)c(O)c([B])c4c4c(O)c(O)c(O)c(O)c43)c2c1[B]. The molecule has 0 spiro atoms. The van der Waals surface area contributed by atoms with Crippen LogP contribution in [0.5, 0.6) is 74.7 Å². The van der Waals surface area contributed by atoms with Crippen molar-refractivity contribution >= 4 is 95.5 Å². The molecule has 0 aliphatic carbocycles. The van der Waals surface area contributed by atoms with Gasteiger partial charge in [-0.1, -0.05) is 10.9 Å². The van der Waals surface area contributed by atoms with Crippen LogP contribution in [0.4, 0.5) is 0 Å². The minimum Gasteiger partial charge on any atom is -0.505 e. The highest BCUT2D eigenvalue weighted by atomic mass is 16.4. The molecule has 21 heteroatoms. The molecule has 0 bridgehead atoms. The first-order valence-corrected chi connectivity index (χ1v) is 12.6. The molecule has 0 saturated heterocycles. The molecule has 18 nitrogen and oxygen atoms in total. The van der Waals surface area contributed by atoms with Crippen LogP contribution in [-0.2, 0) is 0 Å². The Bertz CT molecular complexity index is 2370. The molecule has 0 amide bonds. The van der Waals surface area contributed by atoms with E-state index in [2.05, 4.69) is 4.99 Å². The van der Waals surface area contributed by atoms with Crippen molar-refractivity contribution in [3.8, 4) is 74.7 Å². The zero-order valence-corrected chi connectivity index (χ0v) is 23.0. The van der Waals surface area contributed by atoms with Gasteiger partial charge in [-0.25, -0.2) is 0 Å². The molecule has 0 fully saturated rings. The van der Waals surface area contributed by atoms with E-state index in [0.717, 1.165) is 0 Å². The lowest BCUT2D eigenvalue weighted by Gasteiger charge is -2.14. The molecule has 232 valence electrons. The number of benzene rings is 4. The van der Waals surface area contributed by atoms with Gasteiger partial charge in [0.1, 0.15) is 45.8 Å². The Hall–Kier alpha value is -6.79. The monoisotopic (exact) mass is 639 g/mol. The first-order chi connectivity index (χ1) is 21.9. The summed E-state index contributed by atoms with van der Waals surface area (Å²) in [5.74, 6) is -17.7. The van der Waals surface area contributed by atoms with Crippen LogP contribution in [0, 0.1) is 5.41 Å². The Labute approximate surface area is 261 Å². The summed E-state index contributed by atoms with van der Waals surface area (Å²) in [6.45, 7) is 0. The largest absolute Gasteiger partial charge is 0.505 e. The lowest BCUT2D eigenvalue weighted by molar-refractivity contribution is 0.350. The van der Waals surface area contributed by atoms with Gasteiger partial charge in [0.2, 0.25) is 40.7 Å². The number of nitrogens with one attached hydrogen (secondary N) is 1. The molecule has 0 atom stereocenters. The van der Waals surface area contributed by atoms with Gasteiger partial charge in [0.15, 0.2) is 40.2 Å². The standard InChI is InChI=1S/C26H16B3N5O13/c27-5-1-2-10(18(41)23(46)20(43)13(2)36)34(9(1)17(40)22(45)15(5)38)26(31)32-25(30)33-8-3(12(35)16(39)7(29)6(8)28)4-11(33)19(42)24(47)21(44)14(4)37/h35-47H,(H3,30,31,32). The molecule has 2 heterocycles. The number of nitrogens with two attached hydrogens (primary N) is 1. The number of aromatic hydroxyl groups is 13. The van der Waals surface area contributed by atoms with Gasteiger partial charge in [0.05, 0.1) is 21.7 Å². The van der Waals surface area contributed by atoms with E-state index in [-0.39, 0.29) is 0 Å². The van der Waals surface area contributed by atoms with Crippen LogP contribution in [0.2, 0.25) is 0 Å². The number of aliphatic imine (C=N–C) groups is 1. The minimum absolute atomic E-state index is 0.451. The van der Waals surface area contributed by atoms with Gasteiger partial charge in [-0.3, -0.25) is 14.5 Å². The second kappa shape index (κ2) is 9.36. The second-order valence-corrected chi connectivity index (χ2v) is 10.1. The fraction of sp³-hybridized carbons (Fsp3) is 0. The highest BCUT2D eigenvalue weighted by molar-refractivity contribution is 6.55. The molecule has 0 saturated carbocycles. The van der Waals surface area contributed by atoms with E-state index in [1.54, 1.807) is 0 Å². The van der Waals surface area contributed by atoms with Crippen LogP contribution in [0.3, 0.4) is 0 Å². The Morgan fingerprint density at radius 2 is 0.766 bits per heavy atom. The summed E-state index contributed by atoms with van der Waals surface area (Å²) in [5, 5.41) is 143. The van der Waals surface area contributed by atoms with Gasteiger partial charge in [-0.2, -0.15) is 4.99 Å². The molecular weight excluding hydrogens is 623 g/mol. The fourth-order valence-corrected chi connectivity index (χ4v) is 5.56. The molecule has 0 aliphatic heterocycles. The van der Waals surface area contributed by atoms with Gasteiger partial charge in [0.25, 0.3) is 0 Å². The molecule has 4 aromatic carbocycles. The number of hydrogen-bond acceptors (Lipinski definition) is 14. The van der Waals surface area contributed by atoms with Crippen LogP contribution in [0.1, 0.15) is 0 Å². The van der Waals surface area contributed by atoms with Crippen LogP contribution in [0.15, 0.2) is 4.99 Å². The van der Waals surface area contributed by atoms with E-state index in [1.165, 1.54) is 0 Å². The van der Waals surface area contributed by atoms with E-state index in [9.17, 15) is 66.4 Å². The molecule has 0 aliphatic rings. The molecular formula is C26H16B3N5O13. The Morgan fingerprint density at radius 3 is 1.28 bits per heavy atom. The van der Waals surface area contributed by atoms with E-state index in [1.807, 2.05) is 0 Å². The van der Waals surface area contributed by atoms with Crippen LogP contribution in [0.25, 0.3) is 43.6 Å². The smallest absolute Gasteiger partial charge is 0.230 e. The summed E-state index contributed by atoms with van der Waals surface area (Å²) < 4.78 is 1.07. The molecule has 0 unspecified atom stereocenters. The number of fused-ring (bicyclic) bond motifs is 6. The molecule has 6 rings (SSSR count). The van der Waals surface area contributed by atoms with Crippen molar-refractivity contribution < 1.29 is 66.4 Å². The average Bonchev–Trinajstić information content (AvgIpc) is 3.59. The molecule has 47 heavy (non-hydrogen) atoms. The first kappa shape index (κ1) is 30.2. The lowest BCUT2D eigenvalue weighted by atomic mass is 9.78. The summed E-state index contributed by atoms with van der Waals surface area (Å²) in [4.78, 5) is 3.85. The summed E-state index contributed by atoms with van der Waals surface area (Å²) in [5.41, 5.74) is 1.47. The maximum Gasteiger partial charge on any atom is 0.230 e. The highest BCUT2D eigenvalue weighted by Gasteiger charge is 2.33. The average molecular weight is 639 g/mol. The van der Waals surface area contributed by atoms with Crippen molar-refractivity contribution in [3.05, 3.63) is 0 Å². The third-order valence-electron chi connectivity index (χ3n) is 7.73. The van der Waals surface area contributed by atoms with Gasteiger partial charge in [-0.15, -0.1) is 0 Å². The predicted molar refractivity (Wildman–Crippen MR) is 167 cm³/mol. The normalized spacial score (nSPS) is 12.2. The maximum atomic E-state index is 10.8. The minimum atomic E-state index is -1.33. The van der Waals surface area contributed by atoms with Crippen molar-refractivity contribution in [2.45, 2.75) is 0 Å². The fourth-order valence-electron chi connectivity index (χ4n) is 5.56. The number of aromatic nitrogens is 2. The van der Waals surface area contributed by atoms with Gasteiger partial charge in [0, 0.05) is 5.39 Å². The number of rotatable bonds is 0. The van der Waals surface area contributed by atoms with Crippen LogP contribution >= 0.6 is 0 Å². The predicted octanol–water partition coefficient (Wildman–Crippen LogP) is -1.90. The van der Waals surface area contributed by atoms with Crippen LogP contribution in [-0.4, -0.2) is 111 Å². The molecule has 6 aromatic rings. The molecule has 2 aromatic heterocycles. The quantitative estimate of drug-likeness (QED) is 0.0284. The van der Waals surface area contributed by atoms with Crippen molar-refractivity contribution in [2.24, 2.45) is 10.7 Å². The third kappa shape index (κ3) is 3.46. The van der Waals surface area contributed by atoms with Gasteiger partial charge >= 0.3 is 0 Å². The zero-order chi connectivity index (χ0) is 34.9. The van der Waals surface area contributed by atoms with Crippen LogP contribution < -0.4 is 22.1 Å². The van der Waals surface area contributed by atoms with Gasteiger partial charge < -0.3 is 72.1 Å². The maximum absolute atomic E-state index is 10.8. The van der Waals surface area contributed by atoms with Crippen molar-refractivity contribution in [1.29, 1.82) is 5.41 Å². The van der Waals surface area contributed by atoms with E-state index in [0.29, 0.717) is 9.13 Å². The summed E-state index contributed by atoms with van der Waals surface area (Å²) in [6, 6.07) is 0. The van der Waals surface area contributed by atoms with E-state index in [4.69, 9.17) is 34.7 Å². The lowest BCUT2D eigenvalue weighted by Crippen LogP contribution is -2.32.